The molecule has 1 N–H and O–H groups in total. The molecule has 8 heteroatoms. The lowest BCUT2D eigenvalue weighted by molar-refractivity contribution is -0.217. The van der Waals surface area contributed by atoms with Crippen molar-refractivity contribution >= 4 is 24.9 Å². The van der Waals surface area contributed by atoms with Crippen LogP contribution in [0.15, 0.2) is 22.8 Å². The molecule has 2 aromatic rings. The number of phosphoric ester groups is 1. The Morgan fingerprint density at radius 3 is 3.00 bits per heavy atom. The molecule has 0 aliphatic rings. The van der Waals surface area contributed by atoms with Crippen molar-refractivity contribution in [2.75, 3.05) is 7.11 Å². The lowest BCUT2D eigenvalue weighted by Crippen LogP contribution is -2.12. The molecule has 0 saturated carbocycles. The normalized spacial score (nSPS) is 14.9. The van der Waals surface area contributed by atoms with Crippen LogP contribution in [0.2, 0.25) is 0 Å². The summed E-state index contributed by atoms with van der Waals surface area (Å²) in [5, 5.41) is 0. The fraction of sp³-hybridized carbons (Fsp3) is 0.125. The summed E-state index contributed by atoms with van der Waals surface area (Å²) in [4.78, 5) is 24.8. The molecule has 0 bridgehead atoms. The number of hydrogen-bond donors (Lipinski definition) is 1. The Morgan fingerprint density at radius 1 is 1.62 bits per heavy atom. The summed E-state index contributed by atoms with van der Waals surface area (Å²) in [6, 6.07) is 2.94. The standard InChI is InChI=1S/C8H8NO6P/c1-13-16(11,12)15-8(10)6-4-7-5(9-6)2-3-14-7/h2-4,9H,1H3,(H,11,12)/p-1. The van der Waals surface area contributed by atoms with Gasteiger partial charge in [-0.3, -0.25) is 4.57 Å². The van der Waals surface area contributed by atoms with Crippen LogP contribution in [0.4, 0.5) is 0 Å². The minimum atomic E-state index is -4.57. The molecule has 0 aromatic carbocycles. The molecule has 0 fully saturated rings. The average molecular weight is 244 g/mol. The second-order valence-corrected chi connectivity index (χ2v) is 4.33. The van der Waals surface area contributed by atoms with Crippen LogP contribution in [0.1, 0.15) is 10.5 Å². The number of furan rings is 1. The summed E-state index contributed by atoms with van der Waals surface area (Å²) >= 11 is 0. The molecule has 0 saturated heterocycles. The number of fused-ring (bicyclic) bond motifs is 1. The molecule has 7 nitrogen and oxygen atoms in total. The van der Waals surface area contributed by atoms with Crippen molar-refractivity contribution in [1.82, 2.24) is 4.98 Å². The second kappa shape index (κ2) is 3.79. The van der Waals surface area contributed by atoms with Gasteiger partial charge in [0.25, 0.3) is 0 Å². The van der Waals surface area contributed by atoms with Gasteiger partial charge in [0.15, 0.2) is 5.58 Å². The molecular weight excluding hydrogens is 237 g/mol. The molecule has 2 heterocycles. The third-order valence-electron chi connectivity index (χ3n) is 1.88. The van der Waals surface area contributed by atoms with Crippen molar-refractivity contribution in [2.24, 2.45) is 0 Å². The molecule has 1 atom stereocenters. The van der Waals surface area contributed by atoms with Gasteiger partial charge in [-0.25, -0.2) is 4.79 Å². The lowest BCUT2D eigenvalue weighted by Gasteiger charge is -2.18. The Bertz CT molecular complexity index is 541. The summed E-state index contributed by atoms with van der Waals surface area (Å²) < 4.78 is 24.0. The average Bonchev–Trinajstić information content (AvgIpc) is 2.75. The van der Waals surface area contributed by atoms with E-state index in [1.54, 1.807) is 6.07 Å². The van der Waals surface area contributed by atoms with Crippen LogP contribution in [0.3, 0.4) is 0 Å². The summed E-state index contributed by atoms with van der Waals surface area (Å²) in [5.74, 6) is -1.05. The predicted molar refractivity (Wildman–Crippen MR) is 50.6 cm³/mol. The number of nitrogens with one attached hydrogen (secondary N) is 1. The van der Waals surface area contributed by atoms with Gasteiger partial charge in [0.05, 0.1) is 11.8 Å². The molecule has 0 aliphatic carbocycles. The zero-order valence-electron chi connectivity index (χ0n) is 8.13. The van der Waals surface area contributed by atoms with Gasteiger partial charge < -0.3 is 23.3 Å². The van der Waals surface area contributed by atoms with Gasteiger partial charge in [0.1, 0.15) is 5.69 Å². The van der Waals surface area contributed by atoms with Crippen LogP contribution in [0.25, 0.3) is 11.1 Å². The maximum atomic E-state index is 11.3. The van der Waals surface area contributed by atoms with Gasteiger partial charge in [0, 0.05) is 19.2 Å². The van der Waals surface area contributed by atoms with Gasteiger partial charge in [-0.05, 0) is 0 Å². The smallest absolute Gasteiger partial charge is 0.360 e. The molecular formula is C8H7NO6P-. The highest BCUT2D eigenvalue weighted by molar-refractivity contribution is 7.46. The van der Waals surface area contributed by atoms with Crippen molar-refractivity contribution in [1.29, 1.82) is 0 Å². The molecule has 0 amide bonds. The number of carbonyl (C=O) groups is 1. The lowest BCUT2D eigenvalue weighted by atomic mass is 10.4. The summed E-state index contributed by atoms with van der Waals surface area (Å²) in [6.45, 7) is 0. The third kappa shape index (κ3) is 2.01. The van der Waals surface area contributed by atoms with E-state index in [2.05, 4.69) is 14.0 Å². The van der Waals surface area contributed by atoms with Crippen LogP contribution >= 0.6 is 7.82 Å². The highest BCUT2D eigenvalue weighted by Gasteiger charge is 2.18. The van der Waals surface area contributed by atoms with E-state index in [1.807, 2.05) is 0 Å². The number of aromatic nitrogens is 1. The number of carbonyl (C=O) groups excluding carboxylic acids is 1. The van der Waals surface area contributed by atoms with Gasteiger partial charge >= 0.3 is 13.8 Å². The minimum absolute atomic E-state index is 0.0255. The summed E-state index contributed by atoms with van der Waals surface area (Å²) in [5.41, 5.74) is 0.984. The Hall–Kier alpha value is -1.56. The minimum Gasteiger partial charge on any atom is -0.746 e. The molecule has 1 unspecified atom stereocenters. The van der Waals surface area contributed by atoms with Crippen molar-refractivity contribution in [3.8, 4) is 0 Å². The largest absolute Gasteiger partial charge is 0.746 e. The van der Waals surface area contributed by atoms with E-state index < -0.39 is 13.8 Å². The number of phosphoric acid groups is 1. The zero-order valence-corrected chi connectivity index (χ0v) is 9.02. The third-order valence-corrected chi connectivity index (χ3v) is 2.71. The van der Waals surface area contributed by atoms with Crippen molar-refractivity contribution in [3.63, 3.8) is 0 Å². The van der Waals surface area contributed by atoms with Crippen LogP contribution in [0, 0.1) is 0 Å². The monoisotopic (exact) mass is 244 g/mol. The number of aromatic amines is 1. The fourth-order valence-corrected chi connectivity index (χ4v) is 1.52. The summed E-state index contributed by atoms with van der Waals surface area (Å²) in [7, 11) is -3.67. The van der Waals surface area contributed by atoms with Crippen LogP contribution in [-0.2, 0) is 13.6 Å². The van der Waals surface area contributed by atoms with E-state index in [0.29, 0.717) is 11.1 Å². The molecule has 2 rings (SSSR count). The van der Waals surface area contributed by atoms with Crippen LogP contribution in [0.5, 0.6) is 0 Å². The first-order chi connectivity index (χ1) is 7.52. The van der Waals surface area contributed by atoms with Crippen LogP contribution < -0.4 is 4.89 Å². The van der Waals surface area contributed by atoms with Gasteiger partial charge in [-0.1, -0.05) is 0 Å². The highest BCUT2D eigenvalue weighted by Crippen LogP contribution is 2.37. The van der Waals surface area contributed by atoms with Crippen molar-refractivity contribution in [3.05, 3.63) is 24.1 Å². The first-order valence-electron chi connectivity index (χ1n) is 4.19. The number of H-pyrrole nitrogens is 1. The van der Waals surface area contributed by atoms with E-state index in [4.69, 9.17) is 4.42 Å². The Morgan fingerprint density at radius 2 is 2.38 bits per heavy atom. The van der Waals surface area contributed by atoms with E-state index >= 15 is 0 Å². The van der Waals surface area contributed by atoms with E-state index in [1.165, 1.54) is 12.3 Å². The number of rotatable bonds is 3. The maximum Gasteiger partial charge on any atom is 0.360 e. The Labute approximate surface area is 89.6 Å². The van der Waals surface area contributed by atoms with Gasteiger partial charge in [-0.2, -0.15) is 0 Å². The first-order valence-corrected chi connectivity index (χ1v) is 5.65. The Kier molecular flexibility index (Phi) is 2.59. The van der Waals surface area contributed by atoms with Crippen molar-refractivity contribution < 1.29 is 27.7 Å². The molecule has 16 heavy (non-hydrogen) atoms. The molecule has 86 valence electrons. The zero-order chi connectivity index (χ0) is 11.8. The van der Waals surface area contributed by atoms with Crippen LogP contribution in [-0.4, -0.2) is 18.1 Å². The molecule has 0 spiro atoms. The van der Waals surface area contributed by atoms with Crippen molar-refractivity contribution in [2.45, 2.75) is 0 Å². The van der Waals surface area contributed by atoms with E-state index in [0.717, 1.165) is 7.11 Å². The first kappa shape index (κ1) is 10.9. The van der Waals surface area contributed by atoms with Gasteiger partial charge in [0.2, 0.25) is 0 Å². The maximum absolute atomic E-state index is 11.3. The number of hydrogen-bond acceptors (Lipinski definition) is 6. The quantitative estimate of drug-likeness (QED) is 0.808. The van der Waals surface area contributed by atoms with E-state index in [-0.39, 0.29) is 5.69 Å². The Balaban J connectivity index is 2.22. The SMILES string of the molecule is COP(=O)([O-])OC(=O)c1cc2occc2[nH]1. The molecule has 2 aromatic heterocycles. The van der Waals surface area contributed by atoms with E-state index in [9.17, 15) is 14.3 Å². The predicted octanol–water partition coefficient (Wildman–Crippen LogP) is 1.03. The fourth-order valence-electron chi connectivity index (χ4n) is 1.15. The summed E-state index contributed by atoms with van der Waals surface area (Å²) in [6.07, 6.45) is 1.43. The highest BCUT2D eigenvalue weighted by atomic mass is 31.2. The topological polar surface area (TPSA) is 105 Å². The second-order valence-electron chi connectivity index (χ2n) is 2.89. The molecule has 0 aliphatic heterocycles. The molecule has 0 radical (unpaired) electrons. The van der Waals surface area contributed by atoms with Gasteiger partial charge in [-0.15, -0.1) is 0 Å².